The van der Waals surface area contributed by atoms with Gasteiger partial charge in [0.1, 0.15) is 0 Å². The van der Waals surface area contributed by atoms with Crippen molar-refractivity contribution in [2.45, 2.75) is 25.3 Å². The number of nitrogens with one attached hydrogen (secondary N) is 1. The van der Waals surface area contributed by atoms with Gasteiger partial charge >= 0.3 is 0 Å². The summed E-state index contributed by atoms with van der Waals surface area (Å²) in [6.45, 7) is 0. The lowest BCUT2D eigenvalue weighted by atomic mass is 10.1. The highest BCUT2D eigenvalue weighted by molar-refractivity contribution is 9.13. The molecule has 15 heavy (non-hydrogen) atoms. The van der Waals surface area contributed by atoms with Gasteiger partial charge in [-0.15, -0.1) is 11.3 Å². The molecule has 0 saturated carbocycles. The Bertz CT molecular complexity index is 364. The monoisotopic (exact) mass is 349 g/mol. The summed E-state index contributed by atoms with van der Waals surface area (Å²) in [7, 11) is 2.03. The lowest BCUT2D eigenvalue weighted by molar-refractivity contribution is 0.666. The van der Waals surface area contributed by atoms with Gasteiger partial charge in [-0.3, -0.25) is 0 Å². The topological polar surface area (TPSA) is 12.0 Å². The molecule has 1 aromatic rings. The molecule has 1 N–H and O–H groups in total. The first-order chi connectivity index (χ1) is 7.22. The second kappa shape index (κ2) is 5.13. The number of allylic oxidation sites excluding steroid dienone is 1. The quantitative estimate of drug-likeness (QED) is 0.783. The Morgan fingerprint density at radius 1 is 1.47 bits per heavy atom. The van der Waals surface area contributed by atoms with Crippen molar-refractivity contribution in [3.8, 4) is 0 Å². The summed E-state index contributed by atoms with van der Waals surface area (Å²) in [6.07, 6.45) is 6.16. The van der Waals surface area contributed by atoms with Crippen LogP contribution in [0.2, 0.25) is 0 Å². The molecule has 0 aromatic carbocycles. The van der Waals surface area contributed by atoms with Crippen molar-refractivity contribution in [3.05, 3.63) is 30.9 Å². The van der Waals surface area contributed by atoms with Gasteiger partial charge in [-0.1, -0.05) is 11.6 Å². The van der Waals surface area contributed by atoms with E-state index < -0.39 is 0 Å². The Hall–Kier alpha value is 0.360. The van der Waals surface area contributed by atoms with Crippen molar-refractivity contribution < 1.29 is 0 Å². The zero-order valence-corrected chi connectivity index (χ0v) is 12.5. The zero-order valence-electron chi connectivity index (χ0n) is 8.52. The van der Waals surface area contributed by atoms with Gasteiger partial charge in [-0.2, -0.15) is 0 Å². The van der Waals surface area contributed by atoms with Crippen LogP contribution in [0.15, 0.2) is 26.0 Å². The minimum absolute atomic E-state index is 0.403. The molecule has 4 heteroatoms. The molecule has 2 rings (SSSR count). The highest BCUT2D eigenvalue weighted by Gasteiger charge is 2.19. The van der Waals surface area contributed by atoms with Crippen molar-refractivity contribution >= 4 is 43.2 Å². The molecule has 0 bridgehead atoms. The van der Waals surface area contributed by atoms with E-state index in [9.17, 15) is 0 Å². The first-order valence-electron chi connectivity index (χ1n) is 5.03. The fourth-order valence-corrected chi connectivity index (χ4v) is 4.22. The molecular weight excluding hydrogens is 338 g/mol. The lowest BCUT2D eigenvalue weighted by Crippen LogP contribution is -2.16. The van der Waals surface area contributed by atoms with E-state index >= 15 is 0 Å². The predicted octanol–water partition coefficient (Wildman–Crippen LogP) is 4.64. The molecule has 1 aliphatic carbocycles. The highest BCUT2D eigenvalue weighted by atomic mass is 79.9. The number of thiophene rings is 1. The maximum Gasteiger partial charge on any atom is 0.0843 e. The van der Waals surface area contributed by atoms with E-state index in [1.807, 2.05) is 7.05 Å². The van der Waals surface area contributed by atoms with Gasteiger partial charge in [-0.25, -0.2) is 0 Å². The summed E-state index contributed by atoms with van der Waals surface area (Å²) in [4.78, 5) is 1.38. The van der Waals surface area contributed by atoms with E-state index in [2.05, 4.69) is 49.3 Å². The molecule has 1 unspecified atom stereocenters. The van der Waals surface area contributed by atoms with Gasteiger partial charge < -0.3 is 5.32 Å². The van der Waals surface area contributed by atoms with Gasteiger partial charge in [0.25, 0.3) is 0 Å². The standard InChI is InChI=1S/C11H13Br2NS/c1-14-10(7-4-2-3-5-7)9-6-8(12)11(13)15-9/h4,6,10,14H,2-3,5H2,1H3. The predicted molar refractivity (Wildman–Crippen MR) is 73.5 cm³/mol. The fourth-order valence-electron chi connectivity index (χ4n) is 1.97. The van der Waals surface area contributed by atoms with Crippen molar-refractivity contribution in [1.82, 2.24) is 5.32 Å². The zero-order chi connectivity index (χ0) is 10.8. The van der Waals surface area contributed by atoms with E-state index in [0.29, 0.717) is 6.04 Å². The van der Waals surface area contributed by atoms with Crippen LogP contribution in [0, 0.1) is 0 Å². The molecule has 0 fully saturated rings. The number of rotatable bonds is 3. The average molecular weight is 351 g/mol. The van der Waals surface area contributed by atoms with E-state index in [4.69, 9.17) is 0 Å². The average Bonchev–Trinajstić information content (AvgIpc) is 2.80. The lowest BCUT2D eigenvalue weighted by Gasteiger charge is -2.15. The molecule has 1 atom stereocenters. The maximum absolute atomic E-state index is 3.55. The van der Waals surface area contributed by atoms with Crippen molar-refractivity contribution in [1.29, 1.82) is 0 Å². The third-order valence-corrected chi connectivity index (χ3v) is 6.01. The number of hydrogen-bond donors (Lipinski definition) is 1. The van der Waals surface area contributed by atoms with Gasteiger partial charge in [0.2, 0.25) is 0 Å². The van der Waals surface area contributed by atoms with Crippen LogP contribution in [0.1, 0.15) is 30.2 Å². The third kappa shape index (κ3) is 2.54. The van der Waals surface area contributed by atoms with Crippen molar-refractivity contribution in [2.75, 3.05) is 7.05 Å². The summed E-state index contributed by atoms with van der Waals surface area (Å²) >= 11 is 8.89. The van der Waals surface area contributed by atoms with Crippen LogP contribution in [-0.4, -0.2) is 7.05 Å². The van der Waals surface area contributed by atoms with Gasteiger partial charge in [0.15, 0.2) is 0 Å². The van der Waals surface area contributed by atoms with Crippen LogP contribution in [0.25, 0.3) is 0 Å². The fraction of sp³-hybridized carbons (Fsp3) is 0.455. The summed E-state index contributed by atoms with van der Waals surface area (Å²) in [5.74, 6) is 0. The van der Waals surface area contributed by atoms with Gasteiger partial charge in [0, 0.05) is 9.35 Å². The molecular formula is C11H13Br2NS. The summed E-state index contributed by atoms with van der Waals surface area (Å²) in [6, 6.07) is 2.61. The first-order valence-corrected chi connectivity index (χ1v) is 7.43. The molecule has 0 spiro atoms. The van der Waals surface area contributed by atoms with Crippen LogP contribution < -0.4 is 5.32 Å². The normalized spacial score (nSPS) is 17.9. The molecule has 1 nitrogen and oxygen atoms in total. The van der Waals surface area contributed by atoms with E-state index in [-0.39, 0.29) is 0 Å². The van der Waals surface area contributed by atoms with Crippen molar-refractivity contribution in [2.24, 2.45) is 0 Å². The molecule has 0 saturated heterocycles. The number of halogens is 2. The molecule has 1 heterocycles. The van der Waals surface area contributed by atoms with E-state index in [0.717, 1.165) is 4.47 Å². The van der Waals surface area contributed by atoms with Crippen LogP contribution in [0.5, 0.6) is 0 Å². The third-order valence-electron chi connectivity index (χ3n) is 2.68. The van der Waals surface area contributed by atoms with Crippen LogP contribution in [-0.2, 0) is 0 Å². The molecule has 0 amide bonds. The molecule has 1 aliphatic rings. The molecule has 0 aliphatic heterocycles. The Balaban J connectivity index is 2.26. The first kappa shape index (κ1) is 11.8. The van der Waals surface area contributed by atoms with E-state index in [1.165, 1.54) is 27.9 Å². The smallest absolute Gasteiger partial charge is 0.0843 e. The maximum atomic E-state index is 3.55. The Kier molecular flexibility index (Phi) is 4.04. The van der Waals surface area contributed by atoms with Crippen LogP contribution in [0.4, 0.5) is 0 Å². The highest BCUT2D eigenvalue weighted by Crippen LogP contribution is 2.39. The molecule has 1 aromatic heterocycles. The minimum Gasteiger partial charge on any atom is -0.309 e. The Morgan fingerprint density at radius 2 is 2.27 bits per heavy atom. The Morgan fingerprint density at radius 3 is 2.73 bits per heavy atom. The number of likely N-dealkylation sites (N-methyl/N-ethyl adjacent to an activating group) is 1. The van der Waals surface area contributed by atoms with Crippen LogP contribution >= 0.6 is 43.2 Å². The SMILES string of the molecule is CNC(C1=CCCC1)c1cc(Br)c(Br)s1. The summed E-state index contributed by atoms with van der Waals surface area (Å²) < 4.78 is 2.33. The Labute approximate surface area is 111 Å². The van der Waals surface area contributed by atoms with E-state index in [1.54, 1.807) is 16.9 Å². The minimum atomic E-state index is 0.403. The number of hydrogen-bond acceptors (Lipinski definition) is 2. The molecule has 0 radical (unpaired) electrons. The van der Waals surface area contributed by atoms with Crippen LogP contribution in [0.3, 0.4) is 0 Å². The second-order valence-corrected chi connectivity index (χ2v) is 6.92. The van der Waals surface area contributed by atoms with Gasteiger partial charge in [-0.05, 0) is 64.2 Å². The molecule has 82 valence electrons. The largest absolute Gasteiger partial charge is 0.309 e. The van der Waals surface area contributed by atoms with Crippen molar-refractivity contribution in [3.63, 3.8) is 0 Å². The van der Waals surface area contributed by atoms with Gasteiger partial charge in [0.05, 0.1) is 9.83 Å². The summed E-state index contributed by atoms with van der Waals surface area (Å²) in [5, 5.41) is 3.40. The second-order valence-electron chi connectivity index (χ2n) is 3.66. The summed E-state index contributed by atoms with van der Waals surface area (Å²) in [5.41, 5.74) is 1.54.